The van der Waals surface area contributed by atoms with Gasteiger partial charge in [-0.05, 0) is 17.7 Å². The molecule has 3 N–H and O–H groups in total. The lowest BCUT2D eigenvalue weighted by molar-refractivity contribution is -0.131. The summed E-state index contributed by atoms with van der Waals surface area (Å²) in [6.07, 6.45) is 0.317. The zero-order chi connectivity index (χ0) is 14.4. The van der Waals surface area contributed by atoms with E-state index < -0.39 is 0 Å². The molecule has 0 radical (unpaired) electrons. The Bertz CT molecular complexity index is 443. The third-order valence-electron chi connectivity index (χ3n) is 3.00. The number of nitrogens with zero attached hydrogens (tertiary/aromatic N) is 1. The molecule has 0 fully saturated rings. The summed E-state index contributed by atoms with van der Waals surface area (Å²) >= 11 is 0. The molecule has 0 aliphatic rings. The molecular formula is C14H21N3O2. The first-order valence-electron chi connectivity index (χ1n) is 6.24. The summed E-state index contributed by atoms with van der Waals surface area (Å²) in [6, 6.07) is 7.22. The number of carbonyl (C=O) groups is 2. The van der Waals surface area contributed by atoms with Crippen LogP contribution in [0.15, 0.2) is 24.3 Å². The van der Waals surface area contributed by atoms with E-state index in [1.54, 1.807) is 38.1 Å². The molecule has 1 rings (SSSR count). The summed E-state index contributed by atoms with van der Waals surface area (Å²) in [4.78, 5) is 25.0. The zero-order valence-electron chi connectivity index (χ0n) is 11.6. The van der Waals surface area contributed by atoms with E-state index in [0.29, 0.717) is 18.7 Å². The van der Waals surface area contributed by atoms with Gasteiger partial charge >= 0.3 is 0 Å². The van der Waals surface area contributed by atoms with Crippen LogP contribution in [0.2, 0.25) is 0 Å². The maximum atomic E-state index is 12.0. The fraction of sp³-hybridized carbons (Fsp3) is 0.429. The number of nitrogens with two attached hydrogens (primary N) is 1. The second-order valence-corrected chi connectivity index (χ2v) is 4.71. The van der Waals surface area contributed by atoms with Crippen molar-refractivity contribution >= 4 is 17.5 Å². The molecule has 2 amide bonds. The fourth-order valence-electron chi connectivity index (χ4n) is 1.79. The molecule has 0 aliphatic heterocycles. The average molecular weight is 263 g/mol. The molecule has 1 atom stereocenters. The van der Waals surface area contributed by atoms with E-state index in [0.717, 1.165) is 5.56 Å². The van der Waals surface area contributed by atoms with Crippen LogP contribution < -0.4 is 11.1 Å². The highest BCUT2D eigenvalue weighted by molar-refractivity contribution is 5.81. The predicted molar refractivity (Wildman–Crippen MR) is 75.4 cm³/mol. The van der Waals surface area contributed by atoms with Crippen molar-refractivity contribution in [3.05, 3.63) is 29.8 Å². The van der Waals surface area contributed by atoms with Gasteiger partial charge in [-0.15, -0.1) is 0 Å². The van der Waals surface area contributed by atoms with Gasteiger partial charge in [0.15, 0.2) is 0 Å². The van der Waals surface area contributed by atoms with Gasteiger partial charge in [-0.2, -0.15) is 0 Å². The van der Waals surface area contributed by atoms with Crippen LogP contribution in [0.1, 0.15) is 12.5 Å². The third-order valence-corrected chi connectivity index (χ3v) is 3.00. The van der Waals surface area contributed by atoms with Crippen LogP contribution in [0.25, 0.3) is 0 Å². The Morgan fingerprint density at radius 3 is 2.42 bits per heavy atom. The van der Waals surface area contributed by atoms with Gasteiger partial charge in [-0.3, -0.25) is 9.59 Å². The molecule has 0 saturated carbocycles. The van der Waals surface area contributed by atoms with E-state index in [2.05, 4.69) is 5.32 Å². The second-order valence-electron chi connectivity index (χ2n) is 4.71. The van der Waals surface area contributed by atoms with E-state index in [1.165, 1.54) is 0 Å². The lowest BCUT2D eigenvalue weighted by Crippen LogP contribution is -2.37. The SMILES string of the molecule is CNC(=O)C(C)CN(C)C(=O)Cc1ccc(N)cc1. The minimum Gasteiger partial charge on any atom is -0.399 e. The molecule has 5 heteroatoms. The van der Waals surface area contributed by atoms with Crippen LogP contribution in [-0.2, 0) is 16.0 Å². The Morgan fingerprint density at radius 1 is 1.32 bits per heavy atom. The highest BCUT2D eigenvalue weighted by Crippen LogP contribution is 2.08. The van der Waals surface area contributed by atoms with Crippen LogP contribution in [0.5, 0.6) is 0 Å². The molecule has 0 bridgehead atoms. The summed E-state index contributed by atoms with van der Waals surface area (Å²) in [5, 5.41) is 2.57. The number of rotatable bonds is 5. The first kappa shape index (κ1) is 15.0. The van der Waals surface area contributed by atoms with Crippen molar-refractivity contribution in [1.29, 1.82) is 0 Å². The van der Waals surface area contributed by atoms with Crippen molar-refractivity contribution in [3.63, 3.8) is 0 Å². The number of nitrogen functional groups attached to an aromatic ring is 1. The standard InChI is InChI=1S/C14H21N3O2/c1-10(14(19)16-2)9-17(3)13(18)8-11-4-6-12(15)7-5-11/h4-7,10H,8-9,15H2,1-3H3,(H,16,19). The van der Waals surface area contributed by atoms with E-state index in [9.17, 15) is 9.59 Å². The topological polar surface area (TPSA) is 75.4 Å². The van der Waals surface area contributed by atoms with Gasteiger partial charge in [0.25, 0.3) is 0 Å². The third kappa shape index (κ3) is 4.62. The molecule has 0 heterocycles. The quantitative estimate of drug-likeness (QED) is 0.766. The van der Waals surface area contributed by atoms with Gasteiger partial charge < -0.3 is 16.0 Å². The van der Waals surface area contributed by atoms with Gasteiger partial charge in [-0.1, -0.05) is 19.1 Å². The minimum atomic E-state index is -0.217. The summed E-state index contributed by atoms with van der Waals surface area (Å²) < 4.78 is 0. The molecule has 0 aliphatic carbocycles. The highest BCUT2D eigenvalue weighted by atomic mass is 16.2. The molecule has 1 aromatic rings. The Hall–Kier alpha value is -2.04. The molecule has 5 nitrogen and oxygen atoms in total. The van der Waals surface area contributed by atoms with Crippen molar-refractivity contribution < 1.29 is 9.59 Å². The predicted octanol–water partition coefficient (Wildman–Crippen LogP) is 0.652. The van der Waals surface area contributed by atoms with Crippen LogP contribution in [0.4, 0.5) is 5.69 Å². The summed E-state index contributed by atoms with van der Waals surface area (Å²) in [5.74, 6) is -0.293. The first-order valence-corrected chi connectivity index (χ1v) is 6.24. The van der Waals surface area contributed by atoms with Crippen LogP contribution >= 0.6 is 0 Å². The lowest BCUT2D eigenvalue weighted by Gasteiger charge is -2.20. The summed E-state index contributed by atoms with van der Waals surface area (Å²) in [5.41, 5.74) is 7.19. The highest BCUT2D eigenvalue weighted by Gasteiger charge is 2.17. The zero-order valence-corrected chi connectivity index (χ0v) is 11.6. The molecule has 0 saturated heterocycles. The number of likely N-dealkylation sites (N-methyl/N-ethyl adjacent to an activating group) is 1. The monoisotopic (exact) mass is 263 g/mol. The smallest absolute Gasteiger partial charge is 0.226 e. The van der Waals surface area contributed by atoms with Gasteiger partial charge in [0.05, 0.1) is 12.3 Å². The number of amides is 2. The second kappa shape index (κ2) is 6.78. The van der Waals surface area contributed by atoms with E-state index >= 15 is 0 Å². The summed E-state index contributed by atoms with van der Waals surface area (Å²) in [6.45, 7) is 2.21. The summed E-state index contributed by atoms with van der Waals surface area (Å²) in [7, 11) is 3.30. The minimum absolute atomic E-state index is 0.0134. The number of nitrogens with one attached hydrogen (secondary N) is 1. The fourth-order valence-corrected chi connectivity index (χ4v) is 1.79. The van der Waals surface area contributed by atoms with Crippen LogP contribution in [0, 0.1) is 5.92 Å². The maximum Gasteiger partial charge on any atom is 0.226 e. The van der Waals surface area contributed by atoms with Crippen molar-refractivity contribution in [3.8, 4) is 0 Å². The first-order chi connectivity index (χ1) is 8.93. The number of carbonyl (C=O) groups excluding carboxylic acids is 2. The molecule has 0 spiro atoms. The number of anilines is 1. The molecule has 104 valence electrons. The number of hydrogen-bond acceptors (Lipinski definition) is 3. The largest absolute Gasteiger partial charge is 0.399 e. The maximum absolute atomic E-state index is 12.0. The molecule has 1 aromatic carbocycles. The molecule has 1 unspecified atom stereocenters. The van der Waals surface area contributed by atoms with Crippen molar-refractivity contribution in [2.75, 3.05) is 26.4 Å². The van der Waals surface area contributed by atoms with Crippen LogP contribution in [-0.4, -0.2) is 37.4 Å². The number of hydrogen-bond donors (Lipinski definition) is 2. The molecule has 19 heavy (non-hydrogen) atoms. The normalized spacial score (nSPS) is 11.7. The Kier molecular flexibility index (Phi) is 5.36. The Morgan fingerprint density at radius 2 is 1.89 bits per heavy atom. The average Bonchev–Trinajstić information content (AvgIpc) is 2.40. The van der Waals surface area contributed by atoms with Crippen molar-refractivity contribution in [1.82, 2.24) is 10.2 Å². The van der Waals surface area contributed by atoms with E-state index in [4.69, 9.17) is 5.73 Å². The van der Waals surface area contributed by atoms with Crippen molar-refractivity contribution in [2.24, 2.45) is 5.92 Å². The lowest BCUT2D eigenvalue weighted by atomic mass is 10.1. The van der Waals surface area contributed by atoms with Gasteiger partial charge in [0.2, 0.25) is 11.8 Å². The Balaban J connectivity index is 2.53. The van der Waals surface area contributed by atoms with Crippen molar-refractivity contribution in [2.45, 2.75) is 13.3 Å². The van der Waals surface area contributed by atoms with Gasteiger partial charge in [0.1, 0.15) is 0 Å². The molecular weight excluding hydrogens is 242 g/mol. The van der Waals surface area contributed by atoms with E-state index in [1.807, 2.05) is 12.1 Å². The van der Waals surface area contributed by atoms with E-state index in [-0.39, 0.29) is 17.7 Å². The van der Waals surface area contributed by atoms with Gasteiger partial charge in [-0.25, -0.2) is 0 Å². The van der Waals surface area contributed by atoms with Crippen LogP contribution in [0.3, 0.4) is 0 Å². The Labute approximate surface area is 113 Å². The molecule has 0 aromatic heterocycles. The van der Waals surface area contributed by atoms with Gasteiger partial charge in [0, 0.05) is 26.3 Å². The number of benzene rings is 1.